The summed E-state index contributed by atoms with van der Waals surface area (Å²) in [6.45, 7) is 0.131. The topological polar surface area (TPSA) is 89.7 Å². The molecule has 1 heterocycles. The lowest BCUT2D eigenvalue weighted by atomic mass is 9.98. The molecule has 0 bridgehead atoms. The quantitative estimate of drug-likeness (QED) is 0.870. The first-order valence-electron chi connectivity index (χ1n) is 6.42. The highest BCUT2D eigenvalue weighted by molar-refractivity contribution is 7.89. The highest BCUT2D eigenvalue weighted by Gasteiger charge is 2.52. The van der Waals surface area contributed by atoms with Crippen molar-refractivity contribution in [2.45, 2.75) is 23.3 Å². The number of benzene rings is 1. The number of hydrogen-bond donors (Lipinski definition) is 1. The van der Waals surface area contributed by atoms with Crippen molar-refractivity contribution in [1.29, 1.82) is 0 Å². The molecule has 1 aliphatic rings. The second-order valence-corrected chi connectivity index (χ2v) is 7.18. The van der Waals surface area contributed by atoms with Crippen LogP contribution in [0.25, 0.3) is 0 Å². The van der Waals surface area contributed by atoms with Crippen LogP contribution in [0.4, 0.5) is 0 Å². The fourth-order valence-electron chi connectivity index (χ4n) is 2.68. The molecular weight excluding hydrogens is 316 g/mol. The van der Waals surface area contributed by atoms with Crippen molar-refractivity contribution in [1.82, 2.24) is 4.31 Å². The molecule has 1 aromatic rings. The first-order valence-corrected chi connectivity index (χ1v) is 8.24. The highest BCUT2D eigenvalue weighted by atomic mass is 35.5. The van der Waals surface area contributed by atoms with Gasteiger partial charge in [-0.3, -0.25) is 4.79 Å². The second-order valence-electron chi connectivity index (χ2n) is 4.94. The van der Waals surface area contributed by atoms with E-state index >= 15 is 0 Å². The lowest BCUT2D eigenvalue weighted by Gasteiger charge is -2.34. The maximum absolute atomic E-state index is 12.8. The van der Waals surface area contributed by atoms with E-state index in [1.165, 1.54) is 19.2 Å². The van der Waals surface area contributed by atoms with Crippen molar-refractivity contribution in [2.75, 3.05) is 20.3 Å². The van der Waals surface area contributed by atoms with Crippen LogP contribution in [0.1, 0.15) is 12.8 Å². The molecule has 1 fully saturated rings. The molecule has 0 radical (unpaired) electrons. The van der Waals surface area contributed by atoms with Gasteiger partial charge in [0.05, 0.1) is 11.6 Å². The predicted octanol–water partition coefficient (Wildman–Crippen LogP) is 0.995. The SMILES string of the molecule is COCC1(C(N)=O)CCCN1S(=O)(=O)c1ccccc1Cl. The van der Waals surface area contributed by atoms with Gasteiger partial charge >= 0.3 is 0 Å². The number of carbonyl (C=O) groups is 1. The zero-order chi connectivity index (χ0) is 15.7. The molecule has 8 heteroatoms. The van der Waals surface area contributed by atoms with E-state index in [4.69, 9.17) is 22.1 Å². The molecule has 1 amide bonds. The zero-order valence-corrected chi connectivity index (χ0v) is 13.2. The summed E-state index contributed by atoms with van der Waals surface area (Å²) >= 11 is 5.98. The minimum atomic E-state index is -3.92. The number of carbonyl (C=O) groups excluding carboxylic acids is 1. The summed E-state index contributed by atoms with van der Waals surface area (Å²) in [5.74, 6) is -0.711. The zero-order valence-electron chi connectivity index (χ0n) is 11.6. The number of hydrogen-bond acceptors (Lipinski definition) is 4. The lowest BCUT2D eigenvalue weighted by molar-refractivity contribution is -0.128. The average Bonchev–Trinajstić information content (AvgIpc) is 2.85. The molecule has 0 spiro atoms. The van der Waals surface area contributed by atoms with Gasteiger partial charge < -0.3 is 10.5 Å². The van der Waals surface area contributed by atoms with Crippen molar-refractivity contribution >= 4 is 27.5 Å². The lowest BCUT2D eigenvalue weighted by Crippen LogP contribution is -2.58. The van der Waals surface area contributed by atoms with Crippen LogP contribution in [-0.2, 0) is 19.6 Å². The Bertz CT molecular complexity index is 649. The molecule has 116 valence electrons. The summed E-state index contributed by atoms with van der Waals surface area (Å²) in [6, 6.07) is 6.13. The third-order valence-corrected chi connectivity index (χ3v) is 6.14. The Labute approximate surface area is 128 Å². The number of primary amides is 1. The third-order valence-electron chi connectivity index (χ3n) is 3.68. The molecular formula is C13H17ClN2O4S. The minimum absolute atomic E-state index is 0.0321. The van der Waals surface area contributed by atoms with Gasteiger partial charge in [0.1, 0.15) is 10.4 Å². The van der Waals surface area contributed by atoms with Crippen LogP contribution in [0, 0.1) is 0 Å². The maximum Gasteiger partial charge on any atom is 0.245 e. The van der Waals surface area contributed by atoms with E-state index < -0.39 is 21.5 Å². The number of halogens is 1. The van der Waals surface area contributed by atoms with E-state index in [1.54, 1.807) is 12.1 Å². The number of nitrogens with zero attached hydrogens (tertiary/aromatic N) is 1. The number of methoxy groups -OCH3 is 1. The van der Waals surface area contributed by atoms with Gasteiger partial charge in [0.2, 0.25) is 15.9 Å². The van der Waals surface area contributed by atoms with Crippen LogP contribution in [0.2, 0.25) is 5.02 Å². The van der Waals surface area contributed by atoms with Gasteiger partial charge in [-0.05, 0) is 25.0 Å². The van der Waals surface area contributed by atoms with Gasteiger partial charge in [0.25, 0.3) is 0 Å². The monoisotopic (exact) mass is 332 g/mol. The van der Waals surface area contributed by atoms with Crippen LogP contribution < -0.4 is 5.73 Å². The molecule has 0 aromatic heterocycles. The van der Waals surface area contributed by atoms with Crippen molar-refractivity contribution in [3.05, 3.63) is 29.3 Å². The van der Waals surface area contributed by atoms with E-state index in [0.717, 1.165) is 4.31 Å². The Kier molecular flexibility index (Phi) is 4.57. The van der Waals surface area contributed by atoms with Crippen LogP contribution in [0.15, 0.2) is 29.2 Å². The van der Waals surface area contributed by atoms with Gasteiger partial charge in [-0.15, -0.1) is 0 Å². The number of nitrogens with two attached hydrogens (primary N) is 1. The predicted molar refractivity (Wildman–Crippen MR) is 78.4 cm³/mol. The fraction of sp³-hybridized carbons (Fsp3) is 0.462. The number of rotatable bonds is 5. The van der Waals surface area contributed by atoms with E-state index in [0.29, 0.717) is 12.8 Å². The van der Waals surface area contributed by atoms with E-state index in [2.05, 4.69) is 0 Å². The van der Waals surface area contributed by atoms with Gasteiger partial charge in [0, 0.05) is 13.7 Å². The van der Waals surface area contributed by atoms with Gasteiger partial charge in [-0.1, -0.05) is 23.7 Å². The van der Waals surface area contributed by atoms with Gasteiger partial charge in [0.15, 0.2) is 0 Å². The molecule has 21 heavy (non-hydrogen) atoms. The maximum atomic E-state index is 12.8. The summed E-state index contributed by atoms with van der Waals surface area (Å²) in [6.07, 6.45) is 0.871. The molecule has 1 aromatic carbocycles. The Balaban J connectivity index is 2.53. The molecule has 2 N–H and O–H groups in total. The van der Waals surface area contributed by atoms with E-state index in [-0.39, 0.29) is 23.1 Å². The minimum Gasteiger partial charge on any atom is -0.382 e. The largest absolute Gasteiger partial charge is 0.382 e. The van der Waals surface area contributed by atoms with Crippen molar-refractivity contribution in [2.24, 2.45) is 5.73 Å². The molecule has 6 nitrogen and oxygen atoms in total. The molecule has 1 atom stereocenters. The summed E-state index contributed by atoms with van der Waals surface area (Å²) < 4.78 is 31.8. The molecule has 0 aliphatic carbocycles. The Morgan fingerprint density at radius 2 is 2.14 bits per heavy atom. The highest BCUT2D eigenvalue weighted by Crippen LogP contribution is 2.36. The van der Waals surface area contributed by atoms with Crippen molar-refractivity contribution in [3.63, 3.8) is 0 Å². The first-order chi connectivity index (χ1) is 9.86. The van der Waals surface area contributed by atoms with Gasteiger partial charge in [-0.2, -0.15) is 4.31 Å². The normalized spacial score (nSPS) is 23.3. The van der Waals surface area contributed by atoms with Crippen LogP contribution in [0.3, 0.4) is 0 Å². The fourth-order valence-corrected chi connectivity index (χ4v) is 4.97. The van der Waals surface area contributed by atoms with Crippen LogP contribution in [-0.4, -0.2) is 44.4 Å². The molecule has 0 saturated carbocycles. The van der Waals surface area contributed by atoms with Crippen LogP contribution in [0.5, 0.6) is 0 Å². The summed E-state index contributed by atoms with van der Waals surface area (Å²) in [4.78, 5) is 11.9. The molecule has 1 saturated heterocycles. The first kappa shape index (κ1) is 16.2. The standard InChI is InChI=1S/C13H17ClN2O4S/c1-20-9-13(12(15)17)7-4-8-16(13)21(18,19)11-6-3-2-5-10(11)14/h2-3,5-6H,4,7-9H2,1H3,(H2,15,17). The molecule has 1 unspecified atom stereocenters. The summed E-state index contributed by atoms with van der Waals surface area (Å²) in [7, 11) is -2.52. The van der Waals surface area contributed by atoms with Gasteiger partial charge in [-0.25, -0.2) is 8.42 Å². The second kappa shape index (κ2) is 5.92. The van der Waals surface area contributed by atoms with Crippen molar-refractivity contribution < 1.29 is 17.9 Å². The Morgan fingerprint density at radius 1 is 1.48 bits per heavy atom. The molecule has 1 aliphatic heterocycles. The smallest absolute Gasteiger partial charge is 0.245 e. The number of amides is 1. The van der Waals surface area contributed by atoms with E-state index in [9.17, 15) is 13.2 Å². The third kappa shape index (κ3) is 2.66. The Hall–Kier alpha value is -1.15. The average molecular weight is 333 g/mol. The number of sulfonamides is 1. The molecule has 2 rings (SSSR count). The summed E-state index contributed by atoms with van der Waals surface area (Å²) in [5, 5.41) is 0.111. The number of ether oxygens (including phenoxy) is 1. The van der Waals surface area contributed by atoms with Crippen LogP contribution >= 0.6 is 11.6 Å². The summed E-state index contributed by atoms with van der Waals surface area (Å²) in [5.41, 5.74) is 4.11. The van der Waals surface area contributed by atoms with Crippen molar-refractivity contribution in [3.8, 4) is 0 Å². The van der Waals surface area contributed by atoms with E-state index in [1.807, 2.05) is 0 Å². The Morgan fingerprint density at radius 3 is 2.71 bits per heavy atom.